The van der Waals surface area contributed by atoms with Crippen molar-refractivity contribution < 1.29 is 0 Å². The number of aromatic amines is 1. The maximum Gasteiger partial charge on any atom is 0.164 e. The maximum atomic E-state index is 6.35. The monoisotopic (exact) mass is 332 g/mol. The first-order valence-corrected chi connectivity index (χ1v) is 8.21. The van der Waals surface area contributed by atoms with E-state index in [-0.39, 0.29) is 5.41 Å². The Morgan fingerprint density at radius 3 is 2.68 bits per heavy atom. The van der Waals surface area contributed by atoms with E-state index in [9.17, 15) is 0 Å². The van der Waals surface area contributed by atoms with Gasteiger partial charge in [0, 0.05) is 34.4 Å². The van der Waals surface area contributed by atoms with Crippen molar-refractivity contribution in [2.45, 2.75) is 33.1 Å². The smallest absolute Gasteiger partial charge is 0.164 e. The molecular weight excluding hydrogens is 312 g/mol. The predicted octanol–water partition coefficient (Wildman–Crippen LogP) is 3.76. The fourth-order valence-corrected chi connectivity index (χ4v) is 3.23. The van der Waals surface area contributed by atoms with Crippen molar-refractivity contribution in [3.05, 3.63) is 42.0 Å². The number of nitrogens with one attached hydrogen (secondary N) is 1. The number of fused-ring (bicyclic) bond motifs is 2. The molecule has 3 N–H and O–H groups in total. The molecule has 0 aromatic carbocycles. The zero-order valence-corrected chi connectivity index (χ0v) is 14.8. The van der Waals surface area contributed by atoms with Crippen LogP contribution in [0.3, 0.4) is 0 Å². The molecule has 6 heteroatoms. The van der Waals surface area contributed by atoms with Crippen LogP contribution in [0.5, 0.6) is 0 Å². The summed E-state index contributed by atoms with van der Waals surface area (Å²) in [6, 6.07) is 3.91. The van der Waals surface area contributed by atoms with E-state index in [2.05, 4.69) is 40.7 Å². The molecule has 0 saturated carbocycles. The molecule has 0 unspecified atom stereocenters. The Balaban J connectivity index is 2.03. The van der Waals surface area contributed by atoms with Gasteiger partial charge in [-0.2, -0.15) is 0 Å². The fourth-order valence-electron chi connectivity index (χ4n) is 3.23. The molecule has 6 nitrogen and oxygen atoms in total. The first-order valence-electron chi connectivity index (χ1n) is 8.21. The standard InChI is InChI=1S/C19H20N6/c1-10-14(11-6-5-7-22-17(11)23-10)18-24-13-9-21-8-12(19(2,3)4)15(13)16(20)25-18/h5-9H,1-4H3,(H,22,23)(H2,20,24,25). The Kier molecular flexibility index (Phi) is 3.25. The average molecular weight is 332 g/mol. The molecule has 4 heterocycles. The molecule has 4 aromatic heterocycles. The van der Waals surface area contributed by atoms with Gasteiger partial charge in [0.25, 0.3) is 0 Å². The van der Waals surface area contributed by atoms with E-state index < -0.39 is 0 Å². The number of aromatic nitrogens is 5. The Bertz CT molecular complexity index is 1100. The van der Waals surface area contributed by atoms with Gasteiger partial charge in [0.2, 0.25) is 0 Å². The highest BCUT2D eigenvalue weighted by atomic mass is 15.0. The van der Waals surface area contributed by atoms with Crippen LogP contribution >= 0.6 is 0 Å². The summed E-state index contributed by atoms with van der Waals surface area (Å²) < 4.78 is 0. The second kappa shape index (κ2) is 5.24. The normalized spacial score (nSPS) is 12.2. The molecule has 126 valence electrons. The number of anilines is 1. The number of aryl methyl sites for hydroxylation is 1. The van der Waals surface area contributed by atoms with Crippen LogP contribution in [-0.2, 0) is 5.41 Å². The van der Waals surface area contributed by atoms with E-state index in [1.165, 1.54) is 0 Å². The van der Waals surface area contributed by atoms with Gasteiger partial charge >= 0.3 is 0 Å². The molecule has 4 rings (SSSR count). The van der Waals surface area contributed by atoms with Gasteiger partial charge in [0.1, 0.15) is 11.5 Å². The van der Waals surface area contributed by atoms with Crippen LogP contribution in [0.2, 0.25) is 0 Å². The molecule has 25 heavy (non-hydrogen) atoms. The predicted molar refractivity (Wildman–Crippen MR) is 100 cm³/mol. The first-order chi connectivity index (χ1) is 11.9. The van der Waals surface area contributed by atoms with Crippen molar-refractivity contribution in [3.63, 3.8) is 0 Å². The number of nitrogens with two attached hydrogens (primary N) is 1. The summed E-state index contributed by atoms with van der Waals surface area (Å²) in [5, 5.41) is 1.86. The third-order valence-electron chi connectivity index (χ3n) is 4.42. The number of hydrogen-bond donors (Lipinski definition) is 2. The first kappa shape index (κ1) is 15.5. The van der Waals surface area contributed by atoms with Crippen LogP contribution in [0.4, 0.5) is 5.82 Å². The third kappa shape index (κ3) is 2.41. The van der Waals surface area contributed by atoms with Gasteiger partial charge in [0.05, 0.1) is 11.7 Å². The van der Waals surface area contributed by atoms with Gasteiger partial charge in [-0.05, 0) is 30.0 Å². The van der Waals surface area contributed by atoms with Crippen LogP contribution in [0, 0.1) is 6.92 Å². The van der Waals surface area contributed by atoms with Crippen LogP contribution < -0.4 is 5.73 Å². The Labute approximate surface area is 145 Å². The van der Waals surface area contributed by atoms with Crippen molar-refractivity contribution in [3.8, 4) is 11.4 Å². The minimum absolute atomic E-state index is 0.0911. The molecule has 0 spiro atoms. The SMILES string of the molecule is Cc1[nH]c2ncccc2c1-c1nc(N)c2c(C(C)(C)C)cncc2n1. The van der Waals surface area contributed by atoms with Gasteiger partial charge in [-0.15, -0.1) is 0 Å². The molecule has 0 aliphatic heterocycles. The van der Waals surface area contributed by atoms with E-state index in [1.54, 1.807) is 12.4 Å². The largest absolute Gasteiger partial charge is 0.383 e. The molecule has 0 radical (unpaired) electrons. The second-order valence-corrected chi connectivity index (χ2v) is 7.29. The Hall–Kier alpha value is -3.02. The summed E-state index contributed by atoms with van der Waals surface area (Å²) in [6.07, 6.45) is 5.36. The molecule has 0 aliphatic rings. The van der Waals surface area contributed by atoms with E-state index in [4.69, 9.17) is 10.7 Å². The van der Waals surface area contributed by atoms with Gasteiger partial charge in [-0.25, -0.2) is 15.0 Å². The molecule has 4 aromatic rings. The number of H-pyrrole nitrogens is 1. The lowest BCUT2D eigenvalue weighted by Crippen LogP contribution is -2.14. The summed E-state index contributed by atoms with van der Waals surface area (Å²) in [7, 11) is 0. The van der Waals surface area contributed by atoms with Crippen LogP contribution in [0.1, 0.15) is 32.0 Å². The number of nitrogen functional groups attached to an aromatic ring is 1. The second-order valence-electron chi connectivity index (χ2n) is 7.29. The van der Waals surface area contributed by atoms with Crippen molar-refractivity contribution >= 4 is 27.8 Å². The summed E-state index contributed by atoms with van der Waals surface area (Å²) in [5.74, 6) is 1.07. The highest BCUT2D eigenvalue weighted by Gasteiger charge is 2.22. The zero-order chi connectivity index (χ0) is 17.8. The Morgan fingerprint density at radius 2 is 1.92 bits per heavy atom. The summed E-state index contributed by atoms with van der Waals surface area (Å²) in [4.78, 5) is 21.4. The topological polar surface area (TPSA) is 93.4 Å². The molecule has 0 aliphatic carbocycles. The molecule has 0 atom stereocenters. The van der Waals surface area contributed by atoms with Crippen molar-refractivity contribution in [1.82, 2.24) is 24.9 Å². The summed E-state index contributed by atoms with van der Waals surface area (Å²) >= 11 is 0. The van der Waals surface area contributed by atoms with E-state index >= 15 is 0 Å². The molecule has 0 saturated heterocycles. The van der Waals surface area contributed by atoms with E-state index in [0.717, 1.165) is 38.8 Å². The summed E-state index contributed by atoms with van der Waals surface area (Å²) in [6.45, 7) is 8.38. The summed E-state index contributed by atoms with van der Waals surface area (Å²) in [5.41, 5.74) is 10.8. The number of hydrogen-bond acceptors (Lipinski definition) is 5. The van der Waals surface area contributed by atoms with Crippen molar-refractivity contribution in [2.75, 3.05) is 5.73 Å². The fraction of sp³-hybridized carbons (Fsp3) is 0.263. The maximum absolute atomic E-state index is 6.35. The lowest BCUT2D eigenvalue weighted by Gasteiger charge is -2.21. The lowest BCUT2D eigenvalue weighted by atomic mass is 9.86. The van der Waals surface area contributed by atoms with Gasteiger partial charge in [0.15, 0.2) is 5.82 Å². The molecule has 0 bridgehead atoms. The average Bonchev–Trinajstić information content (AvgIpc) is 2.89. The third-order valence-corrected chi connectivity index (χ3v) is 4.42. The minimum Gasteiger partial charge on any atom is -0.383 e. The highest BCUT2D eigenvalue weighted by molar-refractivity contribution is 5.97. The quantitative estimate of drug-likeness (QED) is 0.553. The van der Waals surface area contributed by atoms with Crippen molar-refractivity contribution in [1.29, 1.82) is 0 Å². The minimum atomic E-state index is -0.0911. The molecule has 0 amide bonds. The number of pyridine rings is 2. The number of nitrogens with zero attached hydrogens (tertiary/aromatic N) is 4. The van der Waals surface area contributed by atoms with Gasteiger partial charge < -0.3 is 10.7 Å². The van der Waals surface area contributed by atoms with Crippen LogP contribution in [0.25, 0.3) is 33.3 Å². The van der Waals surface area contributed by atoms with Crippen LogP contribution in [-0.4, -0.2) is 24.9 Å². The highest BCUT2D eigenvalue weighted by Crippen LogP contribution is 2.34. The lowest BCUT2D eigenvalue weighted by molar-refractivity contribution is 0.593. The molecular formula is C19H20N6. The van der Waals surface area contributed by atoms with Gasteiger partial charge in [-0.1, -0.05) is 20.8 Å². The van der Waals surface area contributed by atoms with Crippen molar-refractivity contribution in [2.24, 2.45) is 0 Å². The van der Waals surface area contributed by atoms with E-state index in [1.807, 2.05) is 25.3 Å². The number of rotatable bonds is 1. The van der Waals surface area contributed by atoms with E-state index in [0.29, 0.717) is 11.6 Å². The zero-order valence-electron chi connectivity index (χ0n) is 14.8. The molecule has 0 fully saturated rings. The Morgan fingerprint density at radius 1 is 1.12 bits per heavy atom. The van der Waals surface area contributed by atoms with Crippen LogP contribution in [0.15, 0.2) is 30.7 Å². The van der Waals surface area contributed by atoms with Gasteiger partial charge in [-0.3, -0.25) is 4.98 Å².